The van der Waals surface area contributed by atoms with Crippen molar-refractivity contribution in [1.29, 1.82) is 0 Å². The number of carbonyl (C=O) groups excluding carboxylic acids is 1. The summed E-state index contributed by atoms with van der Waals surface area (Å²) in [5, 5.41) is 28.4. The largest absolute Gasteiger partial charge is 0.507 e. The number of phenols is 1. The maximum atomic E-state index is 12.2. The first-order chi connectivity index (χ1) is 12.8. The third kappa shape index (κ3) is 4.04. The van der Waals surface area contributed by atoms with Gasteiger partial charge in [0.15, 0.2) is 6.10 Å². The number of halogens is 1. The smallest absolute Gasteiger partial charge is 0.342 e. The van der Waals surface area contributed by atoms with E-state index in [1.165, 1.54) is 49.4 Å². The number of esters is 1. The molecule has 3 rings (SSSR count). The molecular formula is C17H12ClN3O6. The van der Waals surface area contributed by atoms with Gasteiger partial charge in [-0.15, -0.1) is 10.2 Å². The van der Waals surface area contributed by atoms with Crippen LogP contribution in [0.15, 0.2) is 46.9 Å². The summed E-state index contributed by atoms with van der Waals surface area (Å²) in [4.78, 5) is 22.4. The molecule has 27 heavy (non-hydrogen) atoms. The molecule has 3 aromatic rings. The predicted molar refractivity (Wildman–Crippen MR) is 93.3 cm³/mol. The van der Waals surface area contributed by atoms with E-state index in [0.717, 1.165) is 0 Å². The minimum Gasteiger partial charge on any atom is -0.507 e. The minimum absolute atomic E-state index is 0.0261. The van der Waals surface area contributed by atoms with Crippen molar-refractivity contribution in [2.45, 2.75) is 13.0 Å². The molecule has 0 aliphatic heterocycles. The highest BCUT2D eigenvalue weighted by Crippen LogP contribution is 2.27. The number of nitro groups is 1. The van der Waals surface area contributed by atoms with Crippen LogP contribution in [0.3, 0.4) is 0 Å². The van der Waals surface area contributed by atoms with E-state index in [1.54, 1.807) is 0 Å². The van der Waals surface area contributed by atoms with E-state index >= 15 is 0 Å². The number of non-ortho nitro benzene ring substituents is 1. The average Bonchev–Trinajstić information content (AvgIpc) is 3.14. The van der Waals surface area contributed by atoms with Crippen molar-refractivity contribution in [1.82, 2.24) is 10.2 Å². The van der Waals surface area contributed by atoms with Crippen LogP contribution in [0.1, 0.15) is 29.3 Å². The number of aromatic hydroxyl groups is 1. The van der Waals surface area contributed by atoms with Crippen LogP contribution in [0.25, 0.3) is 11.5 Å². The third-order valence-electron chi connectivity index (χ3n) is 3.58. The second-order valence-corrected chi connectivity index (χ2v) is 5.89. The van der Waals surface area contributed by atoms with Gasteiger partial charge in [0.1, 0.15) is 11.3 Å². The molecule has 0 amide bonds. The summed E-state index contributed by atoms with van der Waals surface area (Å²) in [6.07, 6.45) is -0.893. The molecular weight excluding hydrogens is 378 g/mol. The fourth-order valence-corrected chi connectivity index (χ4v) is 2.36. The zero-order valence-electron chi connectivity index (χ0n) is 13.8. The van der Waals surface area contributed by atoms with Gasteiger partial charge < -0.3 is 14.3 Å². The first kappa shape index (κ1) is 18.3. The van der Waals surface area contributed by atoms with Crippen LogP contribution in [0.2, 0.25) is 5.02 Å². The van der Waals surface area contributed by atoms with Crippen molar-refractivity contribution in [3.05, 3.63) is 69.1 Å². The minimum atomic E-state index is -0.893. The number of ether oxygens (including phenoxy) is 1. The number of benzene rings is 2. The Balaban J connectivity index is 1.74. The van der Waals surface area contributed by atoms with Crippen LogP contribution in [-0.4, -0.2) is 26.2 Å². The topological polar surface area (TPSA) is 129 Å². The molecule has 0 unspecified atom stereocenters. The van der Waals surface area contributed by atoms with E-state index in [-0.39, 0.29) is 33.8 Å². The molecule has 1 heterocycles. The van der Waals surface area contributed by atoms with Gasteiger partial charge in [0, 0.05) is 22.7 Å². The van der Waals surface area contributed by atoms with Gasteiger partial charge in [-0.25, -0.2) is 4.79 Å². The van der Waals surface area contributed by atoms with Gasteiger partial charge in [-0.3, -0.25) is 10.1 Å². The van der Waals surface area contributed by atoms with Crippen molar-refractivity contribution in [2.75, 3.05) is 0 Å². The van der Waals surface area contributed by atoms with Gasteiger partial charge in [-0.2, -0.15) is 0 Å². The summed E-state index contributed by atoms with van der Waals surface area (Å²) in [7, 11) is 0. The summed E-state index contributed by atoms with van der Waals surface area (Å²) in [5.41, 5.74) is 0.317. The molecule has 9 nitrogen and oxygen atoms in total. The van der Waals surface area contributed by atoms with Crippen LogP contribution in [0.5, 0.6) is 5.75 Å². The van der Waals surface area contributed by atoms with Gasteiger partial charge in [-0.1, -0.05) is 11.6 Å². The Morgan fingerprint density at radius 3 is 2.63 bits per heavy atom. The molecule has 0 bridgehead atoms. The van der Waals surface area contributed by atoms with E-state index in [4.69, 9.17) is 20.8 Å². The molecule has 0 spiro atoms. The molecule has 0 saturated carbocycles. The molecule has 1 atom stereocenters. The maximum Gasteiger partial charge on any atom is 0.342 e. The zero-order valence-corrected chi connectivity index (χ0v) is 14.6. The Morgan fingerprint density at radius 2 is 1.96 bits per heavy atom. The lowest BCUT2D eigenvalue weighted by Gasteiger charge is -2.10. The van der Waals surface area contributed by atoms with E-state index < -0.39 is 17.0 Å². The number of carbonyl (C=O) groups is 1. The van der Waals surface area contributed by atoms with E-state index in [0.29, 0.717) is 5.56 Å². The van der Waals surface area contributed by atoms with Gasteiger partial charge in [0.25, 0.3) is 11.6 Å². The summed E-state index contributed by atoms with van der Waals surface area (Å²) in [6.45, 7) is 1.52. The molecule has 0 radical (unpaired) electrons. The molecule has 0 saturated heterocycles. The predicted octanol–water partition coefficient (Wildman–Crippen LogP) is 3.92. The van der Waals surface area contributed by atoms with Gasteiger partial charge in [-0.05, 0) is 37.3 Å². The second kappa shape index (κ2) is 7.42. The van der Waals surface area contributed by atoms with Gasteiger partial charge >= 0.3 is 5.97 Å². The Kier molecular flexibility index (Phi) is 5.04. The molecule has 0 aliphatic rings. The lowest BCUT2D eigenvalue weighted by molar-refractivity contribution is -0.384. The van der Waals surface area contributed by atoms with Crippen LogP contribution in [-0.2, 0) is 4.74 Å². The lowest BCUT2D eigenvalue weighted by atomic mass is 10.2. The normalized spacial score (nSPS) is 11.8. The van der Waals surface area contributed by atoms with Crippen molar-refractivity contribution >= 4 is 23.3 Å². The second-order valence-electron chi connectivity index (χ2n) is 5.46. The van der Waals surface area contributed by atoms with Crippen molar-refractivity contribution in [2.24, 2.45) is 0 Å². The third-order valence-corrected chi connectivity index (χ3v) is 3.81. The molecule has 10 heteroatoms. The number of hydrogen-bond acceptors (Lipinski definition) is 8. The van der Waals surface area contributed by atoms with Crippen LogP contribution >= 0.6 is 11.6 Å². The molecule has 1 aromatic heterocycles. The fourth-order valence-electron chi connectivity index (χ4n) is 2.19. The van der Waals surface area contributed by atoms with Crippen LogP contribution in [0, 0.1) is 10.1 Å². The summed E-state index contributed by atoms with van der Waals surface area (Å²) in [6, 6.07) is 9.55. The Hall–Kier alpha value is -3.46. The maximum absolute atomic E-state index is 12.2. The van der Waals surface area contributed by atoms with E-state index in [9.17, 15) is 20.0 Å². The number of rotatable bonds is 5. The number of phenolic OH excluding ortho intramolecular Hbond substituents is 1. The van der Waals surface area contributed by atoms with Crippen molar-refractivity contribution < 1.29 is 24.0 Å². The molecule has 1 N–H and O–H groups in total. The van der Waals surface area contributed by atoms with Gasteiger partial charge in [0.05, 0.1) is 4.92 Å². The Labute approximate surface area is 157 Å². The first-order valence-electron chi connectivity index (χ1n) is 7.63. The molecule has 0 fully saturated rings. The van der Waals surface area contributed by atoms with Crippen LogP contribution < -0.4 is 0 Å². The number of nitro benzene ring substituents is 1. The summed E-state index contributed by atoms with van der Waals surface area (Å²) < 4.78 is 10.7. The molecule has 0 aliphatic carbocycles. The SMILES string of the molecule is C[C@@H](OC(=O)c1cc(Cl)ccc1O)c1nnc(-c2ccc([N+](=O)[O-])cc2)o1. The number of nitrogens with zero attached hydrogens (tertiary/aromatic N) is 3. The molecule has 2 aromatic carbocycles. The Bertz CT molecular complexity index is 1000. The lowest BCUT2D eigenvalue weighted by Crippen LogP contribution is -2.09. The highest BCUT2D eigenvalue weighted by molar-refractivity contribution is 6.31. The fraction of sp³-hybridized carbons (Fsp3) is 0.118. The standard InChI is InChI=1S/C17H12ClN3O6/c1-9(26-17(23)13-8-11(18)4-7-14(13)22)15-19-20-16(27-15)10-2-5-12(6-3-10)21(24)25/h2-9,22H,1H3/t9-/m1/s1. The summed E-state index contributed by atoms with van der Waals surface area (Å²) >= 11 is 5.81. The number of hydrogen-bond donors (Lipinski definition) is 1. The van der Waals surface area contributed by atoms with Crippen molar-refractivity contribution in [3.8, 4) is 17.2 Å². The summed E-state index contributed by atoms with van der Waals surface area (Å²) in [5.74, 6) is -0.932. The highest BCUT2D eigenvalue weighted by atomic mass is 35.5. The highest BCUT2D eigenvalue weighted by Gasteiger charge is 2.22. The van der Waals surface area contributed by atoms with E-state index in [2.05, 4.69) is 10.2 Å². The average molecular weight is 390 g/mol. The zero-order chi connectivity index (χ0) is 19.6. The van der Waals surface area contributed by atoms with Gasteiger partial charge in [0.2, 0.25) is 5.89 Å². The van der Waals surface area contributed by atoms with E-state index in [1.807, 2.05) is 0 Å². The molecule has 138 valence electrons. The number of aromatic nitrogens is 2. The first-order valence-corrected chi connectivity index (χ1v) is 8.00. The quantitative estimate of drug-likeness (QED) is 0.395. The van der Waals surface area contributed by atoms with Crippen molar-refractivity contribution in [3.63, 3.8) is 0 Å². The monoisotopic (exact) mass is 389 g/mol. The van der Waals surface area contributed by atoms with Crippen LogP contribution in [0.4, 0.5) is 5.69 Å². The Morgan fingerprint density at radius 1 is 1.26 bits per heavy atom.